The van der Waals surface area contributed by atoms with Gasteiger partial charge in [0.2, 0.25) is 5.91 Å². The molecule has 6 nitrogen and oxygen atoms in total. The Morgan fingerprint density at radius 2 is 0.781 bits per heavy atom. The van der Waals surface area contributed by atoms with Crippen LogP contribution >= 0.6 is 0 Å². The predicted molar refractivity (Wildman–Crippen MR) is 278 cm³/mol. The van der Waals surface area contributed by atoms with Crippen LogP contribution in [-0.4, -0.2) is 47.4 Å². The van der Waals surface area contributed by atoms with Crippen LogP contribution in [0.4, 0.5) is 0 Å². The Balaban J connectivity index is 3.42. The maximum atomic E-state index is 12.4. The van der Waals surface area contributed by atoms with Gasteiger partial charge in [-0.25, -0.2) is 0 Å². The Hall–Kier alpha value is -1.92. The van der Waals surface area contributed by atoms with Gasteiger partial charge in [-0.05, 0) is 64.2 Å². The second kappa shape index (κ2) is 53.7. The molecule has 3 N–H and O–H groups in total. The lowest BCUT2D eigenvalue weighted by atomic mass is 10.0. The number of carbonyl (C=O) groups is 2. The molecule has 1 amide bonds. The van der Waals surface area contributed by atoms with Crippen molar-refractivity contribution in [2.24, 2.45) is 0 Å². The molecule has 0 rings (SSSR count). The van der Waals surface area contributed by atoms with Crippen LogP contribution in [0.15, 0.2) is 36.5 Å². The molecule has 0 bridgehead atoms. The molecule has 0 heterocycles. The van der Waals surface area contributed by atoms with Gasteiger partial charge in [0.25, 0.3) is 0 Å². The fraction of sp³-hybridized carbons (Fsp3) is 0.862. The van der Waals surface area contributed by atoms with E-state index in [2.05, 4.69) is 43.5 Å². The van der Waals surface area contributed by atoms with Gasteiger partial charge in [-0.1, -0.05) is 256 Å². The van der Waals surface area contributed by atoms with E-state index in [9.17, 15) is 19.8 Å². The summed E-state index contributed by atoms with van der Waals surface area (Å²) in [6.45, 7) is 4.86. The summed E-state index contributed by atoms with van der Waals surface area (Å²) in [5.74, 6) is -0.0777. The zero-order valence-electron chi connectivity index (χ0n) is 42.8. The van der Waals surface area contributed by atoms with Gasteiger partial charge < -0.3 is 20.3 Å². The molecular weight excluding hydrogens is 791 g/mol. The number of carbonyl (C=O) groups excluding carboxylic acids is 2. The highest BCUT2D eigenvalue weighted by Crippen LogP contribution is 2.16. The van der Waals surface area contributed by atoms with Gasteiger partial charge in [0, 0.05) is 12.8 Å². The van der Waals surface area contributed by atoms with E-state index in [0.29, 0.717) is 19.4 Å². The summed E-state index contributed by atoms with van der Waals surface area (Å²) in [5.41, 5.74) is 0. The molecular formula is C58H109NO5. The van der Waals surface area contributed by atoms with Crippen molar-refractivity contribution in [3.8, 4) is 0 Å². The first-order valence-corrected chi connectivity index (χ1v) is 28.3. The molecule has 2 unspecified atom stereocenters. The smallest absolute Gasteiger partial charge is 0.305 e. The second-order valence-electron chi connectivity index (χ2n) is 19.3. The minimum atomic E-state index is -0.848. The number of unbranched alkanes of at least 4 members (excludes halogenated alkanes) is 37. The Bertz CT molecular complexity index is 1040. The van der Waals surface area contributed by atoms with Gasteiger partial charge in [0.15, 0.2) is 0 Å². The van der Waals surface area contributed by atoms with Crippen LogP contribution in [0.3, 0.4) is 0 Å². The molecule has 0 aliphatic heterocycles. The minimum absolute atomic E-state index is 0.00197. The van der Waals surface area contributed by atoms with Crippen LogP contribution in [-0.2, 0) is 14.3 Å². The number of esters is 1. The molecule has 0 radical (unpaired) electrons. The summed E-state index contributed by atoms with van der Waals surface area (Å²) in [6, 6.07) is -0.632. The number of allylic oxidation sites excluding steroid dienone is 5. The van der Waals surface area contributed by atoms with Crippen molar-refractivity contribution in [1.29, 1.82) is 0 Å². The van der Waals surface area contributed by atoms with E-state index in [1.165, 1.54) is 218 Å². The molecule has 0 aliphatic carbocycles. The average molecular weight is 901 g/mol. The molecule has 0 fully saturated rings. The monoisotopic (exact) mass is 900 g/mol. The molecule has 0 aromatic carbocycles. The van der Waals surface area contributed by atoms with Crippen molar-refractivity contribution in [2.75, 3.05) is 13.2 Å². The number of amides is 1. The van der Waals surface area contributed by atoms with Crippen molar-refractivity contribution in [3.05, 3.63) is 36.5 Å². The summed E-state index contributed by atoms with van der Waals surface area (Å²) in [4.78, 5) is 24.5. The van der Waals surface area contributed by atoms with E-state index in [1.807, 2.05) is 6.08 Å². The van der Waals surface area contributed by atoms with Crippen molar-refractivity contribution in [2.45, 2.75) is 309 Å². The lowest BCUT2D eigenvalue weighted by molar-refractivity contribution is -0.143. The van der Waals surface area contributed by atoms with Crippen molar-refractivity contribution in [3.63, 3.8) is 0 Å². The van der Waals surface area contributed by atoms with E-state index in [0.717, 1.165) is 51.4 Å². The number of hydrogen-bond donors (Lipinski definition) is 3. The lowest BCUT2D eigenvalue weighted by Gasteiger charge is -2.20. The second-order valence-corrected chi connectivity index (χ2v) is 19.3. The van der Waals surface area contributed by atoms with Crippen molar-refractivity contribution in [1.82, 2.24) is 5.32 Å². The summed E-state index contributed by atoms with van der Waals surface area (Å²) in [5, 5.41) is 23.0. The van der Waals surface area contributed by atoms with Gasteiger partial charge in [0.05, 0.1) is 25.4 Å². The highest BCUT2D eigenvalue weighted by molar-refractivity contribution is 5.76. The van der Waals surface area contributed by atoms with Crippen molar-refractivity contribution >= 4 is 11.9 Å². The number of aliphatic hydroxyl groups is 2. The third-order valence-corrected chi connectivity index (χ3v) is 12.9. The number of ether oxygens (including phenoxy) is 1. The van der Waals surface area contributed by atoms with Crippen LogP contribution in [0.5, 0.6) is 0 Å². The number of hydrogen-bond acceptors (Lipinski definition) is 5. The summed E-state index contributed by atoms with van der Waals surface area (Å²) < 4.78 is 5.48. The molecule has 64 heavy (non-hydrogen) atoms. The maximum absolute atomic E-state index is 12.4. The average Bonchev–Trinajstić information content (AvgIpc) is 3.29. The van der Waals surface area contributed by atoms with Crippen LogP contribution in [0, 0.1) is 0 Å². The minimum Gasteiger partial charge on any atom is -0.466 e. The van der Waals surface area contributed by atoms with Crippen LogP contribution in [0.1, 0.15) is 296 Å². The largest absolute Gasteiger partial charge is 0.466 e. The first-order valence-electron chi connectivity index (χ1n) is 28.3. The van der Waals surface area contributed by atoms with E-state index in [-0.39, 0.29) is 18.5 Å². The topological polar surface area (TPSA) is 95.9 Å². The standard InChI is InChI=1S/C58H109NO5/c1-3-5-7-9-11-13-15-17-18-19-20-21-25-28-32-36-40-44-48-52-58(63)64-53-49-45-41-37-33-29-26-23-22-24-27-31-35-39-43-47-51-57(62)59-55(54-60)56(61)50-46-42-38-34-30-16-14-12-10-8-6-4-2/h11,13,17-18,46,50,55-56,60-61H,3-10,12,14-16,19-45,47-49,51-54H2,1-2H3,(H,59,62)/b13-11-,18-17-,50-46+. The SMILES string of the molecule is CCCCC/C=C\C/C=C\CCCCCCCCCCCC(=O)OCCCCCCCCCCCCCCCCCCC(=O)NC(CO)C(O)/C=C/CCCCCCCCCCCC. The van der Waals surface area contributed by atoms with Crippen LogP contribution in [0.2, 0.25) is 0 Å². The van der Waals surface area contributed by atoms with Gasteiger partial charge in [-0.15, -0.1) is 0 Å². The number of aliphatic hydroxyl groups excluding tert-OH is 2. The van der Waals surface area contributed by atoms with Crippen LogP contribution < -0.4 is 5.32 Å². The van der Waals surface area contributed by atoms with E-state index < -0.39 is 12.1 Å². The molecule has 0 aromatic heterocycles. The first kappa shape index (κ1) is 62.1. The van der Waals surface area contributed by atoms with E-state index in [4.69, 9.17) is 4.74 Å². The van der Waals surface area contributed by atoms with Gasteiger partial charge in [0.1, 0.15) is 0 Å². The summed E-state index contributed by atoms with van der Waals surface area (Å²) in [6.07, 6.45) is 65.8. The van der Waals surface area contributed by atoms with Gasteiger partial charge in [-0.2, -0.15) is 0 Å². The normalized spacial score (nSPS) is 12.9. The molecule has 0 aliphatic rings. The predicted octanol–water partition coefficient (Wildman–Crippen LogP) is 17.2. The fourth-order valence-electron chi connectivity index (χ4n) is 8.55. The Kier molecular flexibility index (Phi) is 52.1. The number of nitrogens with one attached hydrogen (secondary N) is 1. The molecule has 2 atom stereocenters. The first-order chi connectivity index (χ1) is 31.5. The van der Waals surface area contributed by atoms with Crippen LogP contribution in [0.25, 0.3) is 0 Å². The number of rotatable bonds is 52. The zero-order valence-corrected chi connectivity index (χ0v) is 42.8. The molecule has 0 spiro atoms. The molecule has 6 heteroatoms. The zero-order chi connectivity index (χ0) is 46.5. The Morgan fingerprint density at radius 3 is 1.22 bits per heavy atom. The molecule has 0 saturated heterocycles. The third-order valence-electron chi connectivity index (χ3n) is 12.9. The fourth-order valence-corrected chi connectivity index (χ4v) is 8.55. The summed E-state index contributed by atoms with van der Waals surface area (Å²) in [7, 11) is 0. The van der Waals surface area contributed by atoms with Crippen molar-refractivity contribution < 1.29 is 24.5 Å². The quantitative estimate of drug-likeness (QED) is 0.0321. The third kappa shape index (κ3) is 49.5. The van der Waals surface area contributed by atoms with E-state index >= 15 is 0 Å². The molecule has 376 valence electrons. The van der Waals surface area contributed by atoms with Gasteiger partial charge in [-0.3, -0.25) is 9.59 Å². The lowest BCUT2D eigenvalue weighted by Crippen LogP contribution is -2.45. The molecule has 0 saturated carbocycles. The highest BCUT2D eigenvalue weighted by Gasteiger charge is 2.18. The molecule has 0 aromatic rings. The Labute approximate surface area is 398 Å². The van der Waals surface area contributed by atoms with Gasteiger partial charge >= 0.3 is 5.97 Å². The summed E-state index contributed by atoms with van der Waals surface area (Å²) >= 11 is 0. The Morgan fingerprint density at radius 1 is 0.438 bits per heavy atom. The highest BCUT2D eigenvalue weighted by atomic mass is 16.5. The maximum Gasteiger partial charge on any atom is 0.305 e. The van der Waals surface area contributed by atoms with E-state index in [1.54, 1.807) is 6.08 Å².